The second kappa shape index (κ2) is 9.59. The Morgan fingerprint density at radius 2 is 1.57 bits per heavy atom. The van der Waals surface area contributed by atoms with Crippen molar-refractivity contribution in [2.45, 2.75) is 24.7 Å². The van der Waals surface area contributed by atoms with Crippen LogP contribution in [0.5, 0.6) is 5.75 Å². The van der Waals surface area contributed by atoms with Gasteiger partial charge in [-0.3, -0.25) is 0 Å². The van der Waals surface area contributed by atoms with Gasteiger partial charge >= 0.3 is 33.6 Å². The van der Waals surface area contributed by atoms with E-state index in [9.17, 15) is 26.3 Å². The van der Waals surface area contributed by atoms with E-state index >= 15 is 0 Å². The Morgan fingerprint density at radius 1 is 0.967 bits per heavy atom. The van der Waals surface area contributed by atoms with Crippen molar-refractivity contribution in [2.75, 3.05) is 20.3 Å². The van der Waals surface area contributed by atoms with E-state index in [2.05, 4.69) is 6.58 Å². The van der Waals surface area contributed by atoms with Crippen LogP contribution in [0, 0.1) is 14.1 Å². The first-order valence-corrected chi connectivity index (χ1v) is 10.8. The molecule has 0 aliphatic heterocycles. The molecule has 0 amide bonds. The molecule has 0 bridgehead atoms. The Kier molecular flexibility index (Phi) is 7.84. The fourth-order valence-corrected chi connectivity index (χ4v) is 5.46. The molecule has 0 atom stereocenters. The van der Waals surface area contributed by atoms with Crippen LogP contribution in [0.25, 0.3) is 0 Å². The number of alkyl halides is 6. The predicted octanol–water partition coefficient (Wildman–Crippen LogP) is 2.70. The third-order valence-electron chi connectivity index (χ3n) is 4.36. The van der Waals surface area contributed by atoms with Gasteiger partial charge in [0, 0.05) is 5.56 Å². The number of ether oxygens (including phenoxy) is 2. The Bertz CT molecular complexity index is 845. The summed E-state index contributed by atoms with van der Waals surface area (Å²) in [6.45, 7) is 2.74. The predicted molar refractivity (Wildman–Crippen MR) is 96.4 cm³/mol. The summed E-state index contributed by atoms with van der Waals surface area (Å²) >= 11 is -1.34. The quantitative estimate of drug-likeness (QED) is 0.220. The molecule has 0 aliphatic rings. The number of aryl methyl sites for hydroxylation is 1. The molecule has 0 aliphatic carbocycles. The molecule has 0 heterocycles. The van der Waals surface area contributed by atoms with E-state index in [0.29, 0.717) is 14.9 Å². The minimum absolute atomic E-state index is 0.0291. The lowest BCUT2D eigenvalue weighted by Crippen LogP contribution is -3.61. The average molecular weight is 545 g/mol. The number of rotatable bonds is 8. The normalized spacial score (nSPS) is 12.7. The Balaban J connectivity index is 2.66. The molecule has 0 aromatic heterocycles. The minimum atomic E-state index is -5.61. The largest absolute Gasteiger partial charge is 0.497 e. The van der Waals surface area contributed by atoms with Crippen LogP contribution in [0.15, 0.2) is 55.1 Å². The molecule has 164 valence electrons. The van der Waals surface area contributed by atoms with E-state index in [1.54, 1.807) is 24.3 Å². The fraction of sp³-hybridized carbons (Fsp3) is 0.333. The van der Waals surface area contributed by atoms with Crippen molar-refractivity contribution in [3.8, 4) is 5.75 Å². The molecule has 2 rings (SSSR count). The highest BCUT2D eigenvalue weighted by Gasteiger charge is 2.73. The van der Waals surface area contributed by atoms with E-state index in [1.807, 2.05) is 0 Å². The lowest BCUT2D eigenvalue weighted by atomic mass is 9.79. The van der Waals surface area contributed by atoms with Gasteiger partial charge < -0.3 is 9.47 Å². The molecule has 2 aromatic carbocycles. The van der Waals surface area contributed by atoms with Gasteiger partial charge in [-0.1, -0.05) is 23.8 Å². The van der Waals surface area contributed by atoms with Gasteiger partial charge in [0.1, 0.15) is 5.75 Å². The molecule has 0 fully saturated rings. The first kappa shape index (κ1) is 24.5. The van der Waals surface area contributed by atoms with Crippen LogP contribution >= 0.6 is 0 Å². The standard InChI is InChI=1S/C21H20F6IO2/c1-4-11-30-13-19(20(22,23)24,21(25,26)27)17-12-14(2)5-10-18(17)28-15-6-8-16(29-3)9-7-15/h4-10,12H,1,11,13H2,2-3H3/q+1. The van der Waals surface area contributed by atoms with E-state index in [1.165, 1.54) is 26.2 Å². The Hall–Kier alpha value is -1.75. The van der Waals surface area contributed by atoms with E-state index in [0.717, 1.165) is 12.1 Å². The maximum absolute atomic E-state index is 14.1. The first-order valence-electron chi connectivity index (χ1n) is 8.68. The summed E-state index contributed by atoms with van der Waals surface area (Å²) in [5.41, 5.74) is -4.65. The van der Waals surface area contributed by atoms with E-state index in [-0.39, 0.29) is 3.57 Å². The van der Waals surface area contributed by atoms with Crippen molar-refractivity contribution < 1.29 is 57.0 Å². The molecule has 0 radical (unpaired) electrons. The molecule has 2 aromatic rings. The maximum Gasteiger partial charge on any atom is 0.409 e. The zero-order chi connectivity index (χ0) is 22.6. The number of hydrogen-bond acceptors (Lipinski definition) is 2. The number of halogens is 7. The molecule has 2 nitrogen and oxygen atoms in total. The third-order valence-corrected chi connectivity index (χ3v) is 7.23. The lowest BCUT2D eigenvalue weighted by Gasteiger charge is -2.37. The molecule has 30 heavy (non-hydrogen) atoms. The molecular weight excluding hydrogens is 525 g/mol. The number of benzene rings is 2. The van der Waals surface area contributed by atoms with Crippen LogP contribution in [-0.4, -0.2) is 32.7 Å². The van der Waals surface area contributed by atoms with Gasteiger partial charge in [-0.2, -0.15) is 26.3 Å². The molecule has 0 N–H and O–H groups in total. The van der Waals surface area contributed by atoms with Gasteiger partial charge in [0.25, 0.3) is 0 Å². The summed E-state index contributed by atoms with van der Waals surface area (Å²) in [4.78, 5) is 0. The third kappa shape index (κ3) is 5.11. The highest BCUT2D eigenvalue weighted by atomic mass is 127. The van der Waals surface area contributed by atoms with Crippen molar-refractivity contribution in [1.29, 1.82) is 0 Å². The zero-order valence-corrected chi connectivity index (χ0v) is 18.4. The monoisotopic (exact) mass is 545 g/mol. The van der Waals surface area contributed by atoms with Gasteiger partial charge in [0.2, 0.25) is 5.41 Å². The van der Waals surface area contributed by atoms with Crippen molar-refractivity contribution in [3.05, 3.63) is 73.4 Å². The Morgan fingerprint density at radius 3 is 2.07 bits per heavy atom. The van der Waals surface area contributed by atoms with Crippen molar-refractivity contribution >= 4 is 0 Å². The van der Waals surface area contributed by atoms with Crippen LogP contribution in [0.4, 0.5) is 26.3 Å². The van der Waals surface area contributed by atoms with Gasteiger partial charge in [0.05, 0.1) is 20.3 Å². The van der Waals surface area contributed by atoms with Gasteiger partial charge in [-0.05, 0) is 37.3 Å². The molecule has 9 heteroatoms. The SMILES string of the molecule is C=CCOCC(c1cc(C)ccc1[I+]c1ccc(OC)cc1)(C(F)(F)F)C(F)(F)F. The topological polar surface area (TPSA) is 18.5 Å². The van der Waals surface area contributed by atoms with Gasteiger partial charge in [-0.15, -0.1) is 6.58 Å². The highest BCUT2D eigenvalue weighted by Crippen LogP contribution is 2.52. The summed E-state index contributed by atoms with van der Waals surface area (Å²) < 4.78 is 95.1. The van der Waals surface area contributed by atoms with E-state index < -0.39 is 57.7 Å². The highest BCUT2D eigenvalue weighted by molar-refractivity contribution is 5.34. The zero-order valence-electron chi connectivity index (χ0n) is 16.2. The van der Waals surface area contributed by atoms with Crippen LogP contribution in [0.1, 0.15) is 11.1 Å². The average Bonchev–Trinajstić information content (AvgIpc) is 2.65. The fourth-order valence-electron chi connectivity index (χ4n) is 2.80. The van der Waals surface area contributed by atoms with Gasteiger partial charge in [-0.25, -0.2) is 0 Å². The molecule has 0 spiro atoms. The summed E-state index contributed by atoms with van der Waals surface area (Å²) in [7, 11) is 1.46. The summed E-state index contributed by atoms with van der Waals surface area (Å²) in [6.07, 6.45) is -10.1. The summed E-state index contributed by atoms with van der Waals surface area (Å²) in [5, 5.41) is 0. The minimum Gasteiger partial charge on any atom is -0.497 e. The van der Waals surface area contributed by atoms with Crippen LogP contribution < -0.4 is 25.9 Å². The second-order valence-electron chi connectivity index (χ2n) is 6.44. The van der Waals surface area contributed by atoms with Crippen molar-refractivity contribution in [3.63, 3.8) is 0 Å². The molecular formula is C21H20F6IO2+. The molecule has 0 unspecified atom stereocenters. The van der Waals surface area contributed by atoms with Crippen LogP contribution in [0.3, 0.4) is 0 Å². The van der Waals surface area contributed by atoms with Gasteiger partial charge in [0.15, 0.2) is 7.14 Å². The first-order chi connectivity index (χ1) is 14.0. The molecule has 0 saturated carbocycles. The smallest absolute Gasteiger partial charge is 0.409 e. The Labute approximate surface area is 181 Å². The second-order valence-corrected chi connectivity index (χ2v) is 9.39. The van der Waals surface area contributed by atoms with Crippen molar-refractivity contribution in [1.82, 2.24) is 0 Å². The maximum atomic E-state index is 14.1. The lowest BCUT2D eigenvalue weighted by molar-refractivity contribution is -0.599. The number of hydrogen-bond donors (Lipinski definition) is 0. The van der Waals surface area contributed by atoms with Crippen molar-refractivity contribution in [2.24, 2.45) is 0 Å². The summed E-state index contributed by atoms with van der Waals surface area (Å²) in [6, 6.07) is 10.4. The van der Waals surface area contributed by atoms with Crippen LogP contribution in [0.2, 0.25) is 0 Å². The van der Waals surface area contributed by atoms with E-state index in [4.69, 9.17) is 9.47 Å². The number of methoxy groups -OCH3 is 1. The summed E-state index contributed by atoms with van der Waals surface area (Å²) in [5.74, 6) is 0.546. The molecule has 0 saturated heterocycles. The van der Waals surface area contributed by atoms with Crippen LogP contribution in [-0.2, 0) is 10.2 Å².